The second-order valence-corrected chi connectivity index (χ2v) is 6.43. The number of nitrogens with zero attached hydrogens (tertiary/aromatic N) is 3. The van der Waals surface area contributed by atoms with Crippen LogP contribution in [0.2, 0.25) is 5.02 Å². The molecule has 0 spiro atoms. The van der Waals surface area contributed by atoms with E-state index in [0.29, 0.717) is 24.0 Å². The van der Waals surface area contributed by atoms with Crippen LogP contribution in [0.1, 0.15) is 33.0 Å². The van der Waals surface area contributed by atoms with Crippen molar-refractivity contribution < 1.29 is 18.5 Å². The molecule has 6 nitrogen and oxygen atoms in total. The Morgan fingerprint density at radius 3 is 2.41 bits per heavy atom. The van der Waals surface area contributed by atoms with E-state index in [1.54, 1.807) is 24.3 Å². The number of fused-ring (bicyclic) bond motifs is 1. The van der Waals surface area contributed by atoms with Crippen molar-refractivity contribution in [1.29, 1.82) is 0 Å². The Morgan fingerprint density at radius 2 is 1.74 bits per heavy atom. The SMILES string of the molecule is O=C1c2ccccc2C(=O)N1CCCc1nc(-c2c(F)cccc2Cl)no1. The van der Waals surface area contributed by atoms with Crippen molar-refractivity contribution in [3.63, 3.8) is 0 Å². The van der Waals surface area contributed by atoms with E-state index < -0.39 is 5.82 Å². The molecule has 0 N–H and O–H groups in total. The average molecular weight is 386 g/mol. The summed E-state index contributed by atoms with van der Waals surface area (Å²) in [7, 11) is 0. The third-order valence-electron chi connectivity index (χ3n) is 4.31. The van der Waals surface area contributed by atoms with Crippen LogP contribution in [0.3, 0.4) is 0 Å². The highest BCUT2D eigenvalue weighted by atomic mass is 35.5. The number of amides is 2. The summed E-state index contributed by atoms with van der Waals surface area (Å²) in [5, 5.41) is 3.95. The molecule has 0 aliphatic carbocycles. The number of aryl methyl sites for hydroxylation is 1. The van der Waals surface area contributed by atoms with Crippen LogP contribution < -0.4 is 0 Å². The number of hydrogen-bond donors (Lipinski definition) is 0. The smallest absolute Gasteiger partial charge is 0.261 e. The molecule has 1 aliphatic heterocycles. The number of imide groups is 1. The first-order valence-electron chi connectivity index (χ1n) is 8.28. The Balaban J connectivity index is 1.42. The number of hydrogen-bond acceptors (Lipinski definition) is 5. The first-order valence-corrected chi connectivity index (χ1v) is 8.66. The van der Waals surface area contributed by atoms with E-state index in [4.69, 9.17) is 16.1 Å². The number of benzene rings is 2. The van der Waals surface area contributed by atoms with Crippen LogP contribution in [0.25, 0.3) is 11.4 Å². The molecule has 0 unspecified atom stereocenters. The van der Waals surface area contributed by atoms with Crippen LogP contribution in [0, 0.1) is 5.82 Å². The highest BCUT2D eigenvalue weighted by molar-refractivity contribution is 6.33. The van der Waals surface area contributed by atoms with Gasteiger partial charge in [0.25, 0.3) is 11.8 Å². The van der Waals surface area contributed by atoms with Crippen LogP contribution >= 0.6 is 11.6 Å². The number of halogens is 2. The third-order valence-corrected chi connectivity index (χ3v) is 4.62. The van der Waals surface area contributed by atoms with Gasteiger partial charge >= 0.3 is 0 Å². The van der Waals surface area contributed by atoms with Crippen LogP contribution in [0.4, 0.5) is 4.39 Å². The van der Waals surface area contributed by atoms with Crippen molar-refractivity contribution in [2.75, 3.05) is 6.54 Å². The van der Waals surface area contributed by atoms with E-state index in [0.717, 1.165) is 0 Å². The lowest BCUT2D eigenvalue weighted by Gasteiger charge is -2.12. The molecule has 0 radical (unpaired) electrons. The average Bonchev–Trinajstić information content (AvgIpc) is 3.21. The minimum Gasteiger partial charge on any atom is -0.339 e. The summed E-state index contributed by atoms with van der Waals surface area (Å²) in [5.74, 6) is -0.810. The molecule has 27 heavy (non-hydrogen) atoms. The van der Waals surface area contributed by atoms with Gasteiger partial charge < -0.3 is 4.52 Å². The van der Waals surface area contributed by atoms with Gasteiger partial charge in [-0.3, -0.25) is 14.5 Å². The maximum absolute atomic E-state index is 13.9. The molecular weight excluding hydrogens is 373 g/mol. The van der Waals surface area contributed by atoms with Gasteiger partial charge in [-0.25, -0.2) is 4.39 Å². The zero-order chi connectivity index (χ0) is 19.0. The van der Waals surface area contributed by atoms with Crippen molar-refractivity contribution in [2.24, 2.45) is 0 Å². The molecule has 2 aromatic carbocycles. The lowest BCUT2D eigenvalue weighted by Crippen LogP contribution is -2.30. The second-order valence-electron chi connectivity index (χ2n) is 6.02. The van der Waals surface area contributed by atoms with Crippen LogP contribution in [-0.2, 0) is 6.42 Å². The van der Waals surface area contributed by atoms with Gasteiger partial charge in [-0.05, 0) is 30.7 Å². The van der Waals surface area contributed by atoms with Gasteiger partial charge in [0.1, 0.15) is 5.82 Å². The minimum atomic E-state index is -0.541. The van der Waals surface area contributed by atoms with Crippen molar-refractivity contribution >= 4 is 23.4 Å². The Morgan fingerprint density at radius 1 is 1.04 bits per heavy atom. The fraction of sp³-hybridized carbons (Fsp3) is 0.158. The van der Waals surface area contributed by atoms with Crippen LogP contribution in [0.5, 0.6) is 0 Å². The first-order chi connectivity index (χ1) is 13.1. The Bertz CT molecular complexity index is 995. The van der Waals surface area contributed by atoms with Gasteiger partial charge in [0.15, 0.2) is 0 Å². The van der Waals surface area contributed by atoms with Gasteiger partial charge in [-0.2, -0.15) is 4.98 Å². The molecule has 2 amide bonds. The van der Waals surface area contributed by atoms with Gasteiger partial charge in [0.2, 0.25) is 11.7 Å². The summed E-state index contributed by atoms with van der Waals surface area (Å²) in [5.41, 5.74) is 0.906. The number of rotatable bonds is 5. The standard InChI is InChI=1S/C19H13ClFN3O3/c20-13-7-3-8-14(21)16(13)17-22-15(27-23-17)9-4-10-24-18(25)11-5-1-2-6-12(11)19(24)26/h1-3,5-8H,4,9-10H2. The second kappa shape index (κ2) is 6.92. The van der Waals surface area contributed by atoms with E-state index in [-0.39, 0.29) is 40.7 Å². The Labute approximate surface area is 158 Å². The summed E-state index contributed by atoms with van der Waals surface area (Å²) >= 11 is 6.00. The fourth-order valence-electron chi connectivity index (χ4n) is 3.00. The van der Waals surface area contributed by atoms with E-state index in [2.05, 4.69) is 10.1 Å². The molecule has 3 aromatic rings. The Hall–Kier alpha value is -3.06. The molecule has 1 aliphatic rings. The van der Waals surface area contributed by atoms with E-state index in [1.165, 1.54) is 23.1 Å². The molecule has 0 saturated heterocycles. The molecule has 0 bridgehead atoms. The zero-order valence-corrected chi connectivity index (χ0v) is 14.7. The summed E-state index contributed by atoms with van der Waals surface area (Å²) in [6.07, 6.45) is 0.782. The fourth-order valence-corrected chi connectivity index (χ4v) is 3.25. The molecule has 0 atom stereocenters. The van der Waals surface area contributed by atoms with Crippen molar-refractivity contribution in [3.05, 3.63) is 70.3 Å². The van der Waals surface area contributed by atoms with E-state index in [1.807, 2.05) is 0 Å². The number of aromatic nitrogens is 2. The highest BCUT2D eigenvalue weighted by Crippen LogP contribution is 2.28. The Kier molecular flexibility index (Phi) is 4.45. The predicted octanol–water partition coefficient (Wildman–Crippen LogP) is 3.76. The van der Waals surface area contributed by atoms with Gasteiger partial charge in [0, 0.05) is 13.0 Å². The maximum Gasteiger partial charge on any atom is 0.261 e. The maximum atomic E-state index is 13.9. The largest absolute Gasteiger partial charge is 0.339 e. The monoisotopic (exact) mass is 385 g/mol. The van der Waals surface area contributed by atoms with Gasteiger partial charge in [-0.15, -0.1) is 0 Å². The lowest BCUT2D eigenvalue weighted by atomic mass is 10.1. The molecular formula is C19H13ClFN3O3. The quantitative estimate of drug-likeness (QED) is 0.625. The summed E-state index contributed by atoms with van der Waals surface area (Å²) in [6, 6.07) is 11.0. The van der Waals surface area contributed by atoms with E-state index >= 15 is 0 Å². The third kappa shape index (κ3) is 3.10. The molecule has 0 saturated carbocycles. The lowest BCUT2D eigenvalue weighted by molar-refractivity contribution is 0.0651. The van der Waals surface area contributed by atoms with Crippen LogP contribution in [0.15, 0.2) is 47.0 Å². The molecule has 2 heterocycles. The number of carbonyl (C=O) groups is 2. The summed E-state index contributed by atoms with van der Waals surface area (Å²) < 4.78 is 19.1. The van der Waals surface area contributed by atoms with Crippen molar-refractivity contribution in [2.45, 2.75) is 12.8 Å². The summed E-state index contributed by atoms with van der Waals surface area (Å²) in [6.45, 7) is 0.227. The molecule has 8 heteroatoms. The summed E-state index contributed by atoms with van der Waals surface area (Å²) in [4.78, 5) is 30.0. The van der Waals surface area contributed by atoms with Gasteiger partial charge in [0.05, 0.1) is 21.7 Å². The molecule has 4 rings (SSSR count). The van der Waals surface area contributed by atoms with Crippen molar-refractivity contribution in [3.8, 4) is 11.4 Å². The normalized spacial score (nSPS) is 13.3. The van der Waals surface area contributed by atoms with Crippen molar-refractivity contribution in [1.82, 2.24) is 15.0 Å². The minimum absolute atomic E-state index is 0.0637. The molecule has 0 fully saturated rings. The topological polar surface area (TPSA) is 76.3 Å². The number of carbonyl (C=O) groups excluding carboxylic acids is 2. The van der Waals surface area contributed by atoms with Gasteiger partial charge in [-0.1, -0.05) is 35.0 Å². The first kappa shape index (κ1) is 17.4. The highest BCUT2D eigenvalue weighted by Gasteiger charge is 2.34. The van der Waals surface area contributed by atoms with E-state index in [9.17, 15) is 14.0 Å². The van der Waals surface area contributed by atoms with Crippen LogP contribution in [-0.4, -0.2) is 33.4 Å². The predicted molar refractivity (Wildman–Crippen MR) is 94.8 cm³/mol. The molecule has 1 aromatic heterocycles. The molecule has 136 valence electrons. The zero-order valence-electron chi connectivity index (χ0n) is 14.0.